The summed E-state index contributed by atoms with van der Waals surface area (Å²) in [6.45, 7) is 7.52. The topological polar surface area (TPSA) is 30.3 Å². The van der Waals surface area contributed by atoms with Crippen LogP contribution in [0.2, 0.25) is 0 Å². The van der Waals surface area contributed by atoms with E-state index in [0.717, 1.165) is 26.2 Å². The molecule has 1 rings (SSSR count). The van der Waals surface area contributed by atoms with Gasteiger partial charge < -0.3 is 9.80 Å². The van der Waals surface area contributed by atoms with Crippen molar-refractivity contribution in [1.29, 1.82) is 5.26 Å². The standard InChI is InChI=1S/C10H19N3/c1-10(8-11)9-13-5-3-4-12(2)6-7-13/h10H,3-7,9H2,1-2H3. The molecule has 0 bridgehead atoms. The van der Waals surface area contributed by atoms with Crippen LogP contribution < -0.4 is 0 Å². The molecule has 1 aliphatic rings. The third-order valence-corrected chi connectivity index (χ3v) is 2.56. The molecule has 0 N–H and O–H groups in total. The van der Waals surface area contributed by atoms with Gasteiger partial charge in [-0.1, -0.05) is 0 Å². The summed E-state index contributed by atoms with van der Waals surface area (Å²) in [4.78, 5) is 4.76. The van der Waals surface area contributed by atoms with Gasteiger partial charge >= 0.3 is 0 Å². The smallest absolute Gasteiger partial charge is 0.0666 e. The number of nitriles is 1. The van der Waals surface area contributed by atoms with Gasteiger partial charge in [0.1, 0.15) is 0 Å². The van der Waals surface area contributed by atoms with E-state index in [4.69, 9.17) is 5.26 Å². The fraction of sp³-hybridized carbons (Fsp3) is 0.900. The molecule has 1 atom stereocenters. The molecule has 0 aromatic carbocycles. The third-order valence-electron chi connectivity index (χ3n) is 2.56. The average Bonchev–Trinajstić information content (AvgIpc) is 2.31. The Labute approximate surface area is 80.9 Å². The van der Waals surface area contributed by atoms with Crippen LogP contribution in [-0.2, 0) is 0 Å². The van der Waals surface area contributed by atoms with Crippen LogP contribution in [0.5, 0.6) is 0 Å². The molecule has 74 valence electrons. The molecule has 0 aromatic heterocycles. The summed E-state index contributed by atoms with van der Waals surface area (Å²) in [6, 6.07) is 2.29. The van der Waals surface area contributed by atoms with Crippen LogP contribution in [0.1, 0.15) is 13.3 Å². The second-order valence-corrected chi connectivity index (χ2v) is 3.99. The summed E-state index contributed by atoms with van der Waals surface area (Å²) in [5.74, 6) is 0.170. The lowest BCUT2D eigenvalue weighted by Crippen LogP contribution is -2.32. The fourth-order valence-electron chi connectivity index (χ4n) is 1.71. The Morgan fingerprint density at radius 3 is 2.77 bits per heavy atom. The first-order chi connectivity index (χ1) is 6.22. The first-order valence-corrected chi connectivity index (χ1v) is 5.03. The fourth-order valence-corrected chi connectivity index (χ4v) is 1.71. The van der Waals surface area contributed by atoms with Gasteiger partial charge in [0.15, 0.2) is 0 Å². The van der Waals surface area contributed by atoms with Crippen LogP contribution >= 0.6 is 0 Å². The van der Waals surface area contributed by atoms with Gasteiger partial charge in [0.25, 0.3) is 0 Å². The summed E-state index contributed by atoms with van der Waals surface area (Å²) >= 11 is 0. The maximum Gasteiger partial charge on any atom is 0.0666 e. The van der Waals surface area contributed by atoms with E-state index in [-0.39, 0.29) is 5.92 Å². The molecular formula is C10H19N3. The van der Waals surface area contributed by atoms with Gasteiger partial charge in [-0.25, -0.2) is 0 Å². The van der Waals surface area contributed by atoms with Crippen molar-refractivity contribution in [3.63, 3.8) is 0 Å². The number of hydrogen-bond donors (Lipinski definition) is 0. The summed E-state index contributed by atoms with van der Waals surface area (Å²) in [7, 11) is 2.16. The van der Waals surface area contributed by atoms with Crippen LogP contribution in [0.25, 0.3) is 0 Å². The Kier molecular flexibility index (Phi) is 4.20. The molecule has 13 heavy (non-hydrogen) atoms. The van der Waals surface area contributed by atoms with Crippen LogP contribution in [0.4, 0.5) is 0 Å². The zero-order chi connectivity index (χ0) is 9.68. The molecule has 0 spiro atoms. The van der Waals surface area contributed by atoms with Crippen molar-refractivity contribution in [2.75, 3.05) is 39.8 Å². The van der Waals surface area contributed by atoms with Crippen molar-refractivity contribution in [1.82, 2.24) is 9.80 Å². The van der Waals surface area contributed by atoms with E-state index in [1.54, 1.807) is 0 Å². The molecule has 3 nitrogen and oxygen atoms in total. The van der Waals surface area contributed by atoms with Crippen molar-refractivity contribution < 1.29 is 0 Å². The normalized spacial score (nSPS) is 23.5. The number of nitrogens with zero attached hydrogens (tertiary/aromatic N) is 3. The molecule has 1 fully saturated rings. The van der Waals surface area contributed by atoms with Crippen LogP contribution in [-0.4, -0.2) is 49.6 Å². The Morgan fingerprint density at radius 2 is 2.08 bits per heavy atom. The quantitative estimate of drug-likeness (QED) is 0.631. The van der Waals surface area contributed by atoms with E-state index in [1.165, 1.54) is 13.0 Å². The lowest BCUT2D eigenvalue weighted by Gasteiger charge is -2.20. The largest absolute Gasteiger partial charge is 0.305 e. The van der Waals surface area contributed by atoms with Crippen LogP contribution in [0.3, 0.4) is 0 Å². The van der Waals surface area contributed by atoms with Gasteiger partial charge in [-0.2, -0.15) is 5.26 Å². The van der Waals surface area contributed by atoms with E-state index in [9.17, 15) is 0 Å². The summed E-state index contributed by atoms with van der Waals surface area (Å²) in [5.41, 5.74) is 0. The van der Waals surface area contributed by atoms with Gasteiger partial charge in [0.05, 0.1) is 12.0 Å². The molecule has 1 unspecified atom stereocenters. The van der Waals surface area contributed by atoms with Gasteiger partial charge in [0, 0.05) is 19.6 Å². The summed E-state index contributed by atoms with van der Waals surface area (Å²) < 4.78 is 0. The van der Waals surface area contributed by atoms with E-state index in [1.807, 2.05) is 6.92 Å². The highest BCUT2D eigenvalue weighted by Crippen LogP contribution is 2.04. The summed E-state index contributed by atoms with van der Waals surface area (Å²) in [6.07, 6.45) is 1.23. The number of rotatable bonds is 2. The molecule has 1 heterocycles. The minimum atomic E-state index is 0.170. The van der Waals surface area contributed by atoms with E-state index in [0.29, 0.717) is 0 Å². The molecule has 0 radical (unpaired) electrons. The molecule has 0 aliphatic carbocycles. The zero-order valence-corrected chi connectivity index (χ0v) is 8.66. The van der Waals surface area contributed by atoms with Gasteiger partial charge in [-0.05, 0) is 33.5 Å². The molecule has 3 heteroatoms. The first-order valence-electron chi connectivity index (χ1n) is 5.03. The molecule has 1 saturated heterocycles. The summed E-state index contributed by atoms with van der Waals surface area (Å²) in [5, 5.41) is 8.70. The maximum atomic E-state index is 8.70. The van der Waals surface area contributed by atoms with Crippen molar-refractivity contribution in [2.24, 2.45) is 5.92 Å². The lowest BCUT2D eigenvalue weighted by molar-refractivity contribution is 0.260. The van der Waals surface area contributed by atoms with Gasteiger partial charge in [0.2, 0.25) is 0 Å². The van der Waals surface area contributed by atoms with E-state index in [2.05, 4.69) is 22.9 Å². The number of likely N-dealkylation sites (N-methyl/N-ethyl adjacent to an activating group) is 1. The van der Waals surface area contributed by atoms with Gasteiger partial charge in [-0.15, -0.1) is 0 Å². The van der Waals surface area contributed by atoms with Crippen molar-refractivity contribution in [3.05, 3.63) is 0 Å². The Morgan fingerprint density at radius 1 is 1.31 bits per heavy atom. The SMILES string of the molecule is CC(C#N)CN1CCCN(C)CC1. The van der Waals surface area contributed by atoms with Crippen molar-refractivity contribution >= 4 is 0 Å². The Balaban J connectivity index is 2.30. The number of hydrogen-bond acceptors (Lipinski definition) is 3. The minimum absolute atomic E-state index is 0.170. The predicted octanol–water partition coefficient (Wildman–Crippen LogP) is 0.784. The van der Waals surface area contributed by atoms with Gasteiger partial charge in [-0.3, -0.25) is 0 Å². The second-order valence-electron chi connectivity index (χ2n) is 3.99. The Bertz CT molecular complexity index is 185. The average molecular weight is 181 g/mol. The maximum absolute atomic E-state index is 8.70. The first kappa shape index (κ1) is 10.5. The molecule has 0 amide bonds. The van der Waals surface area contributed by atoms with E-state index >= 15 is 0 Å². The van der Waals surface area contributed by atoms with Crippen LogP contribution in [0, 0.1) is 17.2 Å². The molecule has 0 saturated carbocycles. The zero-order valence-electron chi connectivity index (χ0n) is 8.66. The van der Waals surface area contributed by atoms with Crippen LogP contribution in [0.15, 0.2) is 0 Å². The Hall–Kier alpha value is -0.590. The van der Waals surface area contributed by atoms with E-state index < -0.39 is 0 Å². The van der Waals surface area contributed by atoms with Crippen molar-refractivity contribution in [3.8, 4) is 6.07 Å². The molecule has 0 aromatic rings. The monoisotopic (exact) mass is 181 g/mol. The van der Waals surface area contributed by atoms with Crippen molar-refractivity contribution in [2.45, 2.75) is 13.3 Å². The minimum Gasteiger partial charge on any atom is -0.305 e. The molecule has 1 aliphatic heterocycles. The lowest BCUT2D eigenvalue weighted by atomic mass is 10.2. The highest BCUT2D eigenvalue weighted by Gasteiger charge is 2.13. The second kappa shape index (κ2) is 5.21. The third kappa shape index (κ3) is 3.75. The highest BCUT2D eigenvalue weighted by molar-refractivity contribution is 4.82. The predicted molar refractivity (Wildman–Crippen MR) is 53.3 cm³/mol. The highest BCUT2D eigenvalue weighted by atomic mass is 15.2. The molecular weight excluding hydrogens is 162 g/mol.